The Hall–Kier alpha value is -1.15. The molecule has 110 valence electrons. The summed E-state index contributed by atoms with van der Waals surface area (Å²) >= 11 is 0. The Morgan fingerprint density at radius 2 is 1.60 bits per heavy atom. The number of likely N-dealkylation sites (tertiary alicyclic amines) is 1. The van der Waals surface area contributed by atoms with Crippen LogP contribution in [0.25, 0.3) is 0 Å². The third-order valence-electron chi connectivity index (χ3n) is 4.53. The lowest BCUT2D eigenvalue weighted by molar-refractivity contribution is 0.0844. The number of hydrogen-bond acceptors (Lipinski definition) is 2. The lowest BCUT2D eigenvalue weighted by Crippen LogP contribution is -2.40. The van der Waals surface area contributed by atoms with Gasteiger partial charge in [-0.25, -0.2) is 0 Å². The fraction of sp³-hybridized carbons (Fsp3) is 0.611. The van der Waals surface area contributed by atoms with Crippen molar-refractivity contribution in [2.24, 2.45) is 5.41 Å². The number of carbonyl (C=O) groups excluding carboxylic acids is 1. The van der Waals surface area contributed by atoms with Gasteiger partial charge in [0.2, 0.25) is 0 Å². The van der Waals surface area contributed by atoms with Crippen molar-refractivity contribution in [3.8, 4) is 0 Å². The SMILES string of the molecule is Cc1cc(C)c(C(=O)CN2CCC(C)(C)CC2)c(C)c1. The van der Waals surface area contributed by atoms with Crippen molar-refractivity contribution in [2.45, 2.75) is 47.5 Å². The second-order valence-electron chi connectivity index (χ2n) is 7.14. The van der Waals surface area contributed by atoms with Crippen molar-refractivity contribution in [3.63, 3.8) is 0 Å². The number of benzene rings is 1. The summed E-state index contributed by atoms with van der Waals surface area (Å²) in [7, 11) is 0. The van der Waals surface area contributed by atoms with Gasteiger partial charge in [0.05, 0.1) is 6.54 Å². The van der Waals surface area contributed by atoms with E-state index < -0.39 is 0 Å². The van der Waals surface area contributed by atoms with Gasteiger partial charge in [0, 0.05) is 5.56 Å². The van der Waals surface area contributed by atoms with Crippen LogP contribution in [0.4, 0.5) is 0 Å². The van der Waals surface area contributed by atoms with Gasteiger partial charge in [-0.05, 0) is 63.2 Å². The van der Waals surface area contributed by atoms with Crippen molar-refractivity contribution in [1.82, 2.24) is 4.90 Å². The molecule has 0 aliphatic carbocycles. The third kappa shape index (κ3) is 3.49. The Balaban J connectivity index is 2.06. The van der Waals surface area contributed by atoms with E-state index >= 15 is 0 Å². The molecule has 0 N–H and O–H groups in total. The summed E-state index contributed by atoms with van der Waals surface area (Å²) in [4.78, 5) is 14.9. The third-order valence-corrected chi connectivity index (χ3v) is 4.53. The molecule has 2 heteroatoms. The lowest BCUT2D eigenvalue weighted by atomic mass is 9.82. The molecule has 1 aliphatic heterocycles. The van der Waals surface area contributed by atoms with Crippen LogP contribution in [0.1, 0.15) is 53.7 Å². The molecule has 0 aromatic heterocycles. The molecule has 2 nitrogen and oxygen atoms in total. The molecule has 1 heterocycles. The highest BCUT2D eigenvalue weighted by Gasteiger charge is 2.26. The molecule has 1 aromatic carbocycles. The molecule has 20 heavy (non-hydrogen) atoms. The van der Waals surface area contributed by atoms with Crippen LogP contribution in [-0.4, -0.2) is 30.3 Å². The molecule has 1 aliphatic rings. The van der Waals surface area contributed by atoms with Gasteiger partial charge in [-0.3, -0.25) is 9.69 Å². The van der Waals surface area contributed by atoms with Crippen molar-refractivity contribution in [3.05, 3.63) is 34.4 Å². The van der Waals surface area contributed by atoms with E-state index in [4.69, 9.17) is 0 Å². The minimum absolute atomic E-state index is 0.278. The summed E-state index contributed by atoms with van der Waals surface area (Å²) in [6, 6.07) is 4.22. The first-order valence-corrected chi connectivity index (χ1v) is 7.62. The molecule has 2 rings (SSSR count). The second kappa shape index (κ2) is 5.69. The van der Waals surface area contributed by atoms with E-state index in [2.05, 4.69) is 37.8 Å². The highest BCUT2D eigenvalue weighted by Crippen LogP contribution is 2.29. The van der Waals surface area contributed by atoms with E-state index in [1.807, 2.05) is 13.8 Å². The van der Waals surface area contributed by atoms with E-state index in [1.165, 1.54) is 18.4 Å². The van der Waals surface area contributed by atoms with Gasteiger partial charge in [-0.15, -0.1) is 0 Å². The van der Waals surface area contributed by atoms with Crippen LogP contribution >= 0.6 is 0 Å². The van der Waals surface area contributed by atoms with Gasteiger partial charge >= 0.3 is 0 Å². The Bertz CT molecular complexity index is 483. The van der Waals surface area contributed by atoms with E-state index in [9.17, 15) is 4.79 Å². The van der Waals surface area contributed by atoms with E-state index in [-0.39, 0.29) is 5.78 Å². The summed E-state index contributed by atoms with van der Waals surface area (Å²) in [6.45, 7) is 13.5. The summed E-state index contributed by atoms with van der Waals surface area (Å²) in [6.07, 6.45) is 2.37. The van der Waals surface area contributed by atoms with Gasteiger partial charge in [0.1, 0.15) is 0 Å². The minimum Gasteiger partial charge on any atom is -0.296 e. The number of Topliss-reactive ketones (excluding diaryl/α,β-unsaturated/α-hetero) is 1. The van der Waals surface area contributed by atoms with Crippen LogP contribution in [0, 0.1) is 26.2 Å². The van der Waals surface area contributed by atoms with Crippen molar-refractivity contribution in [1.29, 1.82) is 0 Å². The highest BCUT2D eigenvalue weighted by molar-refractivity contribution is 6.00. The number of piperidine rings is 1. The number of rotatable bonds is 3. The van der Waals surface area contributed by atoms with Crippen molar-refractivity contribution in [2.75, 3.05) is 19.6 Å². The van der Waals surface area contributed by atoms with Crippen LogP contribution in [0.15, 0.2) is 12.1 Å². The van der Waals surface area contributed by atoms with Gasteiger partial charge in [-0.2, -0.15) is 0 Å². The minimum atomic E-state index is 0.278. The molecular weight excluding hydrogens is 246 g/mol. The van der Waals surface area contributed by atoms with Crippen LogP contribution < -0.4 is 0 Å². The van der Waals surface area contributed by atoms with Crippen molar-refractivity contribution >= 4 is 5.78 Å². The fourth-order valence-electron chi connectivity index (χ4n) is 3.22. The molecule has 0 atom stereocenters. The molecule has 0 radical (unpaired) electrons. The first-order valence-electron chi connectivity index (χ1n) is 7.62. The number of aryl methyl sites for hydroxylation is 3. The van der Waals surface area contributed by atoms with E-state index in [0.717, 1.165) is 29.8 Å². The second-order valence-corrected chi connectivity index (χ2v) is 7.14. The van der Waals surface area contributed by atoms with Gasteiger partial charge in [0.15, 0.2) is 5.78 Å². The zero-order valence-corrected chi connectivity index (χ0v) is 13.5. The Labute approximate surface area is 123 Å². The number of nitrogens with zero attached hydrogens (tertiary/aromatic N) is 1. The Morgan fingerprint density at radius 3 is 2.10 bits per heavy atom. The monoisotopic (exact) mass is 273 g/mol. The predicted molar refractivity (Wildman–Crippen MR) is 84.4 cm³/mol. The average molecular weight is 273 g/mol. The van der Waals surface area contributed by atoms with Gasteiger partial charge in [0.25, 0.3) is 0 Å². The highest BCUT2D eigenvalue weighted by atomic mass is 16.1. The molecule has 0 saturated carbocycles. The number of ketones is 1. The lowest BCUT2D eigenvalue weighted by Gasteiger charge is -2.36. The topological polar surface area (TPSA) is 20.3 Å². The van der Waals surface area contributed by atoms with Crippen LogP contribution in [0.3, 0.4) is 0 Å². The zero-order chi connectivity index (χ0) is 14.9. The molecule has 1 fully saturated rings. The fourth-order valence-corrected chi connectivity index (χ4v) is 3.22. The Morgan fingerprint density at radius 1 is 1.10 bits per heavy atom. The summed E-state index contributed by atoms with van der Waals surface area (Å²) < 4.78 is 0. The van der Waals surface area contributed by atoms with E-state index in [0.29, 0.717) is 12.0 Å². The maximum absolute atomic E-state index is 12.6. The van der Waals surface area contributed by atoms with Crippen LogP contribution in [-0.2, 0) is 0 Å². The van der Waals surface area contributed by atoms with Gasteiger partial charge < -0.3 is 0 Å². The first kappa shape index (κ1) is 15.2. The van der Waals surface area contributed by atoms with Crippen LogP contribution in [0.2, 0.25) is 0 Å². The van der Waals surface area contributed by atoms with Crippen molar-refractivity contribution < 1.29 is 4.79 Å². The standard InChI is InChI=1S/C18H27NO/c1-13-10-14(2)17(15(3)11-13)16(20)12-19-8-6-18(4,5)7-9-19/h10-11H,6-9,12H2,1-5H3. The summed E-state index contributed by atoms with van der Waals surface area (Å²) in [5.41, 5.74) is 4.83. The molecule has 0 unspecified atom stereocenters. The van der Waals surface area contributed by atoms with Crippen LogP contribution in [0.5, 0.6) is 0 Å². The summed E-state index contributed by atoms with van der Waals surface area (Å²) in [5.74, 6) is 0.278. The Kier molecular flexibility index (Phi) is 4.33. The molecule has 0 spiro atoms. The smallest absolute Gasteiger partial charge is 0.177 e. The molecular formula is C18H27NO. The predicted octanol–water partition coefficient (Wildman–Crippen LogP) is 3.92. The molecule has 1 saturated heterocycles. The average Bonchev–Trinajstić information content (AvgIpc) is 2.30. The maximum atomic E-state index is 12.6. The normalized spacial score (nSPS) is 19.1. The van der Waals surface area contributed by atoms with Gasteiger partial charge in [-0.1, -0.05) is 31.5 Å². The maximum Gasteiger partial charge on any atom is 0.177 e. The zero-order valence-electron chi connectivity index (χ0n) is 13.5. The summed E-state index contributed by atoms with van der Waals surface area (Å²) in [5, 5.41) is 0. The molecule has 1 aromatic rings. The molecule has 0 amide bonds. The number of carbonyl (C=O) groups is 1. The number of hydrogen-bond donors (Lipinski definition) is 0. The largest absolute Gasteiger partial charge is 0.296 e. The van der Waals surface area contributed by atoms with E-state index in [1.54, 1.807) is 0 Å². The first-order chi connectivity index (χ1) is 9.28. The quantitative estimate of drug-likeness (QED) is 0.778. The molecule has 0 bridgehead atoms.